The molecule has 0 aliphatic carbocycles. The first kappa shape index (κ1) is 12.8. The van der Waals surface area contributed by atoms with Crippen molar-refractivity contribution in [1.82, 2.24) is 14.7 Å². The van der Waals surface area contributed by atoms with Crippen molar-refractivity contribution in [2.75, 3.05) is 25.0 Å². The lowest BCUT2D eigenvalue weighted by Gasteiger charge is -2.17. The Labute approximate surface area is 109 Å². The summed E-state index contributed by atoms with van der Waals surface area (Å²) in [7, 11) is 1.79. The van der Waals surface area contributed by atoms with E-state index >= 15 is 0 Å². The van der Waals surface area contributed by atoms with Crippen molar-refractivity contribution in [2.24, 2.45) is 0 Å². The van der Waals surface area contributed by atoms with Gasteiger partial charge in [0.2, 0.25) is 5.91 Å². The molecule has 1 amide bonds. The summed E-state index contributed by atoms with van der Waals surface area (Å²) in [5, 5.41) is 14.1. The molecule has 0 aliphatic heterocycles. The predicted octanol–water partition coefficient (Wildman–Crippen LogP) is 0.460. The number of thiazole rings is 1. The molecule has 0 aliphatic rings. The lowest BCUT2D eigenvalue weighted by molar-refractivity contribution is -0.119. The topological polar surface area (TPSA) is 69.9 Å². The number of likely N-dealkylation sites (N-methyl/N-ethyl adjacent to an activating group) is 2. The molecule has 2 aromatic rings. The molecule has 0 radical (unpaired) electrons. The van der Waals surface area contributed by atoms with Gasteiger partial charge in [-0.2, -0.15) is 0 Å². The minimum atomic E-state index is -0.104. The maximum absolute atomic E-state index is 11.5. The van der Waals surface area contributed by atoms with E-state index in [1.165, 1.54) is 11.3 Å². The van der Waals surface area contributed by atoms with Crippen LogP contribution < -0.4 is 10.2 Å². The van der Waals surface area contributed by atoms with Crippen LogP contribution in [0.2, 0.25) is 0 Å². The number of imidazole rings is 1. The predicted molar refractivity (Wildman–Crippen MR) is 70.9 cm³/mol. The first-order valence-electron chi connectivity index (χ1n) is 5.70. The standard InChI is InChI=1S/C11H16N4O2S/c1-3-12-9(17)6-14(2)10-8(7-16)15-4-5-18-11(15)13-10/h4-5,16H,3,6-7H2,1-2H3,(H,12,17). The average molecular weight is 268 g/mol. The van der Waals surface area contributed by atoms with Gasteiger partial charge in [-0.15, -0.1) is 11.3 Å². The number of carbonyl (C=O) groups excluding carboxylic acids is 1. The summed E-state index contributed by atoms with van der Waals surface area (Å²) in [5.74, 6) is 0.593. The van der Waals surface area contributed by atoms with Crippen molar-refractivity contribution >= 4 is 28.0 Å². The second kappa shape index (κ2) is 5.36. The van der Waals surface area contributed by atoms with E-state index in [4.69, 9.17) is 0 Å². The van der Waals surface area contributed by atoms with Gasteiger partial charge in [0.15, 0.2) is 10.8 Å². The van der Waals surface area contributed by atoms with Crippen LogP contribution >= 0.6 is 11.3 Å². The Morgan fingerprint density at radius 2 is 2.44 bits per heavy atom. The van der Waals surface area contributed by atoms with Gasteiger partial charge in [-0.3, -0.25) is 9.20 Å². The number of fused-ring (bicyclic) bond motifs is 1. The van der Waals surface area contributed by atoms with Gasteiger partial charge in [0.1, 0.15) is 0 Å². The molecule has 0 aromatic carbocycles. The molecule has 18 heavy (non-hydrogen) atoms. The summed E-state index contributed by atoms with van der Waals surface area (Å²) in [5.41, 5.74) is 0.707. The van der Waals surface area contributed by atoms with E-state index in [-0.39, 0.29) is 19.1 Å². The fraction of sp³-hybridized carbons (Fsp3) is 0.455. The van der Waals surface area contributed by atoms with Crippen LogP contribution in [0.4, 0.5) is 5.82 Å². The van der Waals surface area contributed by atoms with Crippen molar-refractivity contribution in [3.8, 4) is 0 Å². The number of carbonyl (C=O) groups is 1. The van der Waals surface area contributed by atoms with Crippen LogP contribution in [0.5, 0.6) is 0 Å². The molecule has 0 unspecified atom stereocenters. The van der Waals surface area contributed by atoms with Gasteiger partial charge in [0.05, 0.1) is 18.8 Å². The number of amides is 1. The molecule has 2 heterocycles. The SMILES string of the molecule is CCNC(=O)CN(C)c1nc2sccn2c1CO. The quantitative estimate of drug-likeness (QED) is 0.826. The summed E-state index contributed by atoms with van der Waals surface area (Å²) < 4.78 is 1.84. The van der Waals surface area contributed by atoms with E-state index in [0.717, 1.165) is 4.96 Å². The second-order valence-electron chi connectivity index (χ2n) is 3.91. The summed E-state index contributed by atoms with van der Waals surface area (Å²) in [4.78, 5) is 18.5. The average Bonchev–Trinajstić information content (AvgIpc) is 2.87. The maximum Gasteiger partial charge on any atom is 0.239 e. The highest BCUT2D eigenvalue weighted by molar-refractivity contribution is 7.15. The Hall–Kier alpha value is -1.60. The van der Waals surface area contributed by atoms with Gasteiger partial charge < -0.3 is 15.3 Å². The van der Waals surface area contributed by atoms with Gasteiger partial charge >= 0.3 is 0 Å². The van der Waals surface area contributed by atoms with Crippen LogP contribution in [0.25, 0.3) is 4.96 Å². The third kappa shape index (κ3) is 2.32. The van der Waals surface area contributed by atoms with E-state index in [9.17, 15) is 9.90 Å². The highest BCUT2D eigenvalue weighted by Gasteiger charge is 2.17. The van der Waals surface area contributed by atoms with Gasteiger partial charge in [0.25, 0.3) is 0 Å². The zero-order chi connectivity index (χ0) is 13.1. The monoisotopic (exact) mass is 268 g/mol. The third-order valence-electron chi connectivity index (χ3n) is 2.61. The lowest BCUT2D eigenvalue weighted by atomic mass is 10.4. The number of nitrogens with one attached hydrogen (secondary N) is 1. The Balaban J connectivity index is 2.23. The summed E-state index contributed by atoms with van der Waals surface area (Å²) in [6, 6.07) is 0. The maximum atomic E-state index is 11.5. The molecule has 0 spiro atoms. The zero-order valence-corrected chi connectivity index (χ0v) is 11.2. The smallest absolute Gasteiger partial charge is 0.239 e. The number of rotatable bonds is 5. The molecule has 2 N–H and O–H groups in total. The zero-order valence-electron chi connectivity index (χ0n) is 10.4. The normalized spacial score (nSPS) is 10.8. The molecule has 2 rings (SSSR count). The number of nitrogens with zero attached hydrogens (tertiary/aromatic N) is 3. The van der Waals surface area contributed by atoms with Crippen LogP contribution in [0.1, 0.15) is 12.6 Å². The summed E-state index contributed by atoms with van der Waals surface area (Å²) >= 11 is 1.50. The molecule has 0 fully saturated rings. The van der Waals surface area contributed by atoms with Gasteiger partial charge in [-0.25, -0.2) is 4.98 Å². The molecule has 0 saturated heterocycles. The van der Waals surface area contributed by atoms with Gasteiger partial charge in [-0.05, 0) is 6.92 Å². The van der Waals surface area contributed by atoms with Crippen molar-refractivity contribution in [2.45, 2.75) is 13.5 Å². The molecule has 0 atom stereocenters. The van der Waals surface area contributed by atoms with Crippen molar-refractivity contribution < 1.29 is 9.90 Å². The Morgan fingerprint density at radius 3 is 3.11 bits per heavy atom. The van der Waals surface area contributed by atoms with Crippen LogP contribution in [0.3, 0.4) is 0 Å². The minimum Gasteiger partial charge on any atom is -0.390 e. The minimum absolute atomic E-state index is 0.0553. The Kier molecular flexibility index (Phi) is 3.83. The van der Waals surface area contributed by atoms with Gasteiger partial charge in [0, 0.05) is 25.2 Å². The number of hydrogen-bond acceptors (Lipinski definition) is 5. The summed E-state index contributed by atoms with van der Waals surface area (Å²) in [6.45, 7) is 2.61. The number of anilines is 1. The fourth-order valence-corrected chi connectivity index (χ4v) is 2.55. The van der Waals surface area contributed by atoms with E-state index in [1.54, 1.807) is 11.9 Å². The van der Waals surface area contributed by atoms with Crippen molar-refractivity contribution in [1.29, 1.82) is 0 Å². The molecule has 7 heteroatoms. The van der Waals surface area contributed by atoms with Crippen LogP contribution in [-0.4, -0.2) is 40.5 Å². The number of aliphatic hydroxyl groups excluding tert-OH is 1. The molecule has 98 valence electrons. The first-order chi connectivity index (χ1) is 8.67. The van der Waals surface area contributed by atoms with Gasteiger partial charge in [-0.1, -0.05) is 0 Å². The van der Waals surface area contributed by atoms with E-state index in [2.05, 4.69) is 10.3 Å². The van der Waals surface area contributed by atoms with Crippen LogP contribution in [0, 0.1) is 0 Å². The Morgan fingerprint density at radius 1 is 1.67 bits per heavy atom. The second-order valence-corrected chi connectivity index (χ2v) is 4.78. The van der Waals surface area contributed by atoms with E-state index in [0.29, 0.717) is 18.1 Å². The largest absolute Gasteiger partial charge is 0.390 e. The van der Waals surface area contributed by atoms with E-state index < -0.39 is 0 Å². The van der Waals surface area contributed by atoms with Crippen LogP contribution in [-0.2, 0) is 11.4 Å². The first-order valence-corrected chi connectivity index (χ1v) is 6.58. The number of aliphatic hydroxyl groups is 1. The molecular weight excluding hydrogens is 252 g/mol. The number of hydrogen-bond donors (Lipinski definition) is 2. The van der Waals surface area contributed by atoms with Crippen LogP contribution in [0.15, 0.2) is 11.6 Å². The van der Waals surface area contributed by atoms with Crippen molar-refractivity contribution in [3.63, 3.8) is 0 Å². The molecule has 2 aromatic heterocycles. The highest BCUT2D eigenvalue weighted by atomic mass is 32.1. The lowest BCUT2D eigenvalue weighted by Crippen LogP contribution is -2.35. The third-order valence-corrected chi connectivity index (χ3v) is 3.36. The highest BCUT2D eigenvalue weighted by Crippen LogP contribution is 2.23. The fourth-order valence-electron chi connectivity index (χ4n) is 1.82. The van der Waals surface area contributed by atoms with E-state index in [1.807, 2.05) is 22.9 Å². The Bertz CT molecular complexity index is 548. The number of aromatic nitrogens is 2. The molecule has 0 saturated carbocycles. The van der Waals surface area contributed by atoms with Crippen molar-refractivity contribution in [3.05, 3.63) is 17.3 Å². The molecule has 6 nitrogen and oxygen atoms in total. The molecular formula is C11H16N4O2S. The molecule has 0 bridgehead atoms. The summed E-state index contributed by atoms with van der Waals surface area (Å²) in [6.07, 6.45) is 1.86.